The SMILES string of the molecule is CCc1ccc(C(=O)N2CCN(C(=O)N(C)C)CC3(CNC(=O)C3)C2)cn1. The zero-order valence-corrected chi connectivity index (χ0v) is 16.2. The first-order valence-corrected chi connectivity index (χ1v) is 9.31. The van der Waals surface area contributed by atoms with Crippen LogP contribution in [0, 0.1) is 5.41 Å². The van der Waals surface area contributed by atoms with Crippen molar-refractivity contribution in [3.05, 3.63) is 29.6 Å². The first kappa shape index (κ1) is 19.1. The van der Waals surface area contributed by atoms with Crippen LogP contribution in [0.5, 0.6) is 0 Å². The highest BCUT2D eigenvalue weighted by Crippen LogP contribution is 2.31. The Kier molecular flexibility index (Phi) is 5.34. The van der Waals surface area contributed by atoms with Gasteiger partial charge in [-0.25, -0.2) is 4.79 Å². The Morgan fingerprint density at radius 2 is 1.93 bits per heavy atom. The van der Waals surface area contributed by atoms with E-state index in [9.17, 15) is 14.4 Å². The van der Waals surface area contributed by atoms with E-state index in [1.165, 1.54) is 4.90 Å². The van der Waals surface area contributed by atoms with E-state index in [4.69, 9.17) is 0 Å². The Labute approximate surface area is 159 Å². The van der Waals surface area contributed by atoms with Crippen LogP contribution in [0.1, 0.15) is 29.4 Å². The van der Waals surface area contributed by atoms with Gasteiger partial charge in [-0.3, -0.25) is 14.6 Å². The summed E-state index contributed by atoms with van der Waals surface area (Å²) in [6, 6.07) is 3.56. The van der Waals surface area contributed by atoms with Crippen molar-refractivity contribution in [1.29, 1.82) is 0 Å². The molecule has 0 bridgehead atoms. The molecule has 1 unspecified atom stereocenters. The lowest BCUT2D eigenvalue weighted by Gasteiger charge is -2.33. The monoisotopic (exact) mass is 373 g/mol. The fourth-order valence-electron chi connectivity index (χ4n) is 3.80. The molecule has 1 aromatic rings. The molecule has 2 saturated heterocycles. The molecular weight excluding hydrogens is 346 g/mol. The lowest BCUT2D eigenvalue weighted by Crippen LogP contribution is -2.47. The van der Waals surface area contributed by atoms with E-state index in [0.717, 1.165) is 12.1 Å². The Morgan fingerprint density at radius 1 is 1.22 bits per heavy atom. The number of aromatic nitrogens is 1. The van der Waals surface area contributed by atoms with Crippen molar-refractivity contribution in [2.45, 2.75) is 19.8 Å². The summed E-state index contributed by atoms with van der Waals surface area (Å²) in [6.45, 7) is 4.27. The van der Waals surface area contributed by atoms with Gasteiger partial charge in [0.1, 0.15) is 0 Å². The molecule has 2 aliphatic heterocycles. The van der Waals surface area contributed by atoms with E-state index >= 15 is 0 Å². The number of aryl methyl sites for hydroxylation is 1. The summed E-state index contributed by atoms with van der Waals surface area (Å²) in [5.74, 6) is -0.140. The van der Waals surface area contributed by atoms with Crippen LogP contribution in [-0.4, -0.2) is 84.3 Å². The normalized spacial score (nSPS) is 22.6. The van der Waals surface area contributed by atoms with Crippen molar-refractivity contribution >= 4 is 17.8 Å². The van der Waals surface area contributed by atoms with Crippen molar-refractivity contribution < 1.29 is 14.4 Å². The number of urea groups is 1. The molecule has 2 aliphatic rings. The predicted molar refractivity (Wildman–Crippen MR) is 100 cm³/mol. The maximum absolute atomic E-state index is 13.1. The molecule has 8 nitrogen and oxygen atoms in total. The van der Waals surface area contributed by atoms with E-state index < -0.39 is 5.41 Å². The second kappa shape index (κ2) is 7.54. The van der Waals surface area contributed by atoms with Crippen molar-refractivity contribution in [2.24, 2.45) is 5.41 Å². The highest BCUT2D eigenvalue weighted by atomic mass is 16.2. The summed E-state index contributed by atoms with van der Waals surface area (Å²) in [5, 5.41) is 2.87. The lowest BCUT2D eigenvalue weighted by molar-refractivity contribution is -0.119. The number of pyridine rings is 1. The first-order valence-electron chi connectivity index (χ1n) is 9.31. The average molecular weight is 373 g/mol. The zero-order valence-electron chi connectivity index (χ0n) is 16.2. The lowest BCUT2D eigenvalue weighted by atomic mass is 9.86. The van der Waals surface area contributed by atoms with E-state index in [1.54, 1.807) is 36.2 Å². The van der Waals surface area contributed by atoms with Gasteiger partial charge in [-0.15, -0.1) is 0 Å². The number of hydrogen-bond donors (Lipinski definition) is 1. The van der Waals surface area contributed by atoms with Crippen molar-refractivity contribution in [3.63, 3.8) is 0 Å². The first-order chi connectivity index (χ1) is 12.8. The Morgan fingerprint density at radius 3 is 2.48 bits per heavy atom. The number of amides is 4. The van der Waals surface area contributed by atoms with E-state index in [2.05, 4.69) is 10.3 Å². The molecule has 146 valence electrons. The standard InChI is InChI=1S/C19H27N5O3/c1-4-15-6-5-14(10-20-15)17(26)23-7-8-24(18(27)22(2)3)13-19(12-23)9-16(25)21-11-19/h5-6,10H,4,7-9,11-13H2,1-3H3,(H,21,25). The molecule has 2 fully saturated rings. The minimum Gasteiger partial charge on any atom is -0.355 e. The molecule has 1 atom stereocenters. The Bertz CT molecular complexity index is 733. The smallest absolute Gasteiger partial charge is 0.319 e. The van der Waals surface area contributed by atoms with Crippen molar-refractivity contribution in [2.75, 3.05) is 46.8 Å². The number of carbonyl (C=O) groups is 3. The van der Waals surface area contributed by atoms with Gasteiger partial charge < -0.3 is 20.0 Å². The number of rotatable bonds is 2. The molecule has 1 aromatic heterocycles. The van der Waals surface area contributed by atoms with E-state index in [0.29, 0.717) is 44.7 Å². The van der Waals surface area contributed by atoms with Crippen LogP contribution in [0.2, 0.25) is 0 Å². The molecule has 0 aliphatic carbocycles. The molecule has 3 rings (SSSR count). The average Bonchev–Trinajstić information content (AvgIpc) is 2.91. The molecule has 27 heavy (non-hydrogen) atoms. The van der Waals surface area contributed by atoms with Crippen LogP contribution in [0.25, 0.3) is 0 Å². The van der Waals surface area contributed by atoms with Gasteiger partial charge in [0, 0.05) is 70.5 Å². The Balaban J connectivity index is 1.84. The topological polar surface area (TPSA) is 85.9 Å². The third-order valence-corrected chi connectivity index (χ3v) is 5.26. The van der Waals surface area contributed by atoms with E-state index in [1.807, 2.05) is 13.0 Å². The highest BCUT2D eigenvalue weighted by Gasteiger charge is 2.45. The van der Waals surface area contributed by atoms with Gasteiger partial charge in [-0.2, -0.15) is 0 Å². The van der Waals surface area contributed by atoms with Crippen molar-refractivity contribution in [1.82, 2.24) is 25.0 Å². The molecule has 4 amide bonds. The maximum Gasteiger partial charge on any atom is 0.319 e. The molecular formula is C19H27N5O3. The van der Waals surface area contributed by atoms with Gasteiger partial charge in [0.2, 0.25) is 5.91 Å². The van der Waals surface area contributed by atoms with Crippen LogP contribution >= 0.6 is 0 Å². The third-order valence-electron chi connectivity index (χ3n) is 5.26. The molecule has 0 radical (unpaired) electrons. The second-order valence-electron chi connectivity index (χ2n) is 7.67. The largest absolute Gasteiger partial charge is 0.355 e. The summed E-state index contributed by atoms with van der Waals surface area (Å²) in [6.07, 6.45) is 2.75. The van der Waals surface area contributed by atoms with Crippen LogP contribution in [0.3, 0.4) is 0 Å². The number of nitrogens with one attached hydrogen (secondary N) is 1. The Hall–Kier alpha value is -2.64. The van der Waals surface area contributed by atoms with Crippen molar-refractivity contribution in [3.8, 4) is 0 Å². The number of carbonyl (C=O) groups excluding carboxylic acids is 3. The number of hydrogen-bond acceptors (Lipinski definition) is 4. The zero-order chi connectivity index (χ0) is 19.6. The van der Waals surface area contributed by atoms with E-state index in [-0.39, 0.29) is 17.8 Å². The van der Waals surface area contributed by atoms with Gasteiger partial charge in [-0.05, 0) is 18.6 Å². The predicted octanol–water partition coefficient (Wildman–Crippen LogP) is 0.590. The molecule has 3 heterocycles. The fourth-order valence-corrected chi connectivity index (χ4v) is 3.80. The number of nitrogens with zero attached hydrogens (tertiary/aromatic N) is 4. The highest BCUT2D eigenvalue weighted by molar-refractivity contribution is 5.94. The quantitative estimate of drug-likeness (QED) is 0.822. The van der Waals surface area contributed by atoms with Gasteiger partial charge in [-0.1, -0.05) is 6.92 Å². The maximum atomic E-state index is 13.1. The minimum absolute atomic E-state index is 0.0319. The van der Waals surface area contributed by atoms with Crippen LogP contribution in [0.4, 0.5) is 4.79 Å². The van der Waals surface area contributed by atoms with Gasteiger partial charge in [0.15, 0.2) is 0 Å². The van der Waals surface area contributed by atoms with Gasteiger partial charge >= 0.3 is 6.03 Å². The molecule has 1 spiro atoms. The molecule has 0 aromatic carbocycles. The van der Waals surface area contributed by atoms with Crippen LogP contribution in [0.15, 0.2) is 18.3 Å². The van der Waals surface area contributed by atoms with Crippen LogP contribution in [-0.2, 0) is 11.2 Å². The van der Waals surface area contributed by atoms with Gasteiger partial charge in [0.25, 0.3) is 5.91 Å². The molecule has 0 saturated carbocycles. The summed E-state index contributed by atoms with van der Waals surface area (Å²) in [5.41, 5.74) is 1.02. The third kappa shape index (κ3) is 4.04. The molecule has 1 N–H and O–H groups in total. The minimum atomic E-state index is -0.453. The van der Waals surface area contributed by atoms with Gasteiger partial charge in [0.05, 0.1) is 5.56 Å². The summed E-state index contributed by atoms with van der Waals surface area (Å²) in [4.78, 5) is 46.8. The fraction of sp³-hybridized carbons (Fsp3) is 0.579. The summed E-state index contributed by atoms with van der Waals surface area (Å²) >= 11 is 0. The summed E-state index contributed by atoms with van der Waals surface area (Å²) in [7, 11) is 3.42. The van der Waals surface area contributed by atoms with Crippen LogP contribution < -0.4 is 5.32 Å². The summed E-state index contributed by atoms with van der Waals surface area (Å²) < 4.78 is 0. The second-order valence-corrected chi connectivity index (χ2v) is 7.67. The molecule has 8 heteroatoms.